The molecule has 4 nitrogen and oxygen atoms in total. The number of nitrogens with one attached hydrogen (secondary N) is 1. The number of benzene rings is 1. The Morgan fingerprint density at radius 3 is 2.75 bits per heavy atom. The van der Waals surface area contributed by atoms with Crippen LogP contribution in [-0.4, -0.2) is 42.0 Å². The first-order valence-electron chi connectivity index (χ1n) is 6.77. The molecule has 112 valence electrons. The van der Waals surface area contributed by atoms with Gasteiger partial charge in [0.1, 0.15) is 0 Å². The van der Waals surface area contributed by atoms with Gasteiger partial charge in [-0.05, 0) is 44.2 Å². The highest BCUT2D eigenvalue weighted by atomic mass is 32.2. The van der Waals surface area contributed by atoms with E-state index in [0.29, 0.717) is 18.2 Å². The molecule has 1 rings (SSSR count). The molecule has 1 aromatic carbocycles. The van der Waals surface area contributed by atoms with Crippen molar-refractivity contribution in [2.45, 2.75) is 31.6 Å². The third kappa shape index (κ3) is 5.43. The molecule has 5 heteroatoms. The van der Waals surface area contributed by atoms with Crippen LogP contribution in [0.2, 0.25) is 0 Å². The Labute approximate surface area is 125 Å². The largest absolute Gasteiger partial charge is 0.393 e. The van der Waals surface area contributed by atoms with Gasteiger partial charge in [0.15, 0.2) is 0 Å². The first kappa shape index (κ1) is 16.9. The minimum atomic E-state index is -0.393. The van der Waals surface area contributed by atoms with Gasteiger partial charge in [0.25, 0.3) is 0 Å². The summed E-state index contributed by atoms with van der Waals surface area (Å²) < 4.78 is 0. The number of hydrogen-bond acceptors (Lipinski definition) is 3. The van der Waals surface area contributed by atoms with Crippen LogP contribution in [0.1, 0.15) is 31.1 Å². The molecule has 0 spiro atoms. The number of nitrogens with zero attached hydrogens (tertiary/aromatic N) is 1. The monoisotopic (exact) mass is 296 g/mol. The molecule has 0 aliphatic rings. The lowest BCUT2D eigenvalue weighted by Gasteiger charge is -2.19. The fourth-order valence-electron chi connectivity index (χ4n) is 1.71. The summed E-state index contributed by atoms with van der Waals surface area (Å²) in [5, 5.41) is 12.5. The Morgan fingerprint density at radius 2 is 2.15 bits per heavy atom. The van der Waals surface area contributed by atoms with Crippen LogP contribution >= 0.6 is 11.8 Å². The molecule has 2 atom stereocenters. The van der Waals surface area contributed by atoms with Gasteiger partial charge in [-0.2, -0.15) is 11.8 Å². The first-order chi connectivity index (χ1) is 9.43. The van der Waals surface area contributed by atoms with Gasteiger partial charge in [0.05, 0.1) is 6.10 Å². The van der Waals surface area contributed by atoms with E-state index in [0.717, 1.165) is 5.69 Å². The number of amides is 2. The molecule has 0 radical (unpaired) electrons. The van der Waals surface area contributed by atoms with Crippen molar-refractivity contribution in [3.05, 3.63) is 29.8 Å². The minimum Gasteiger partial charge on any atom is -0.393 e. The third-order valence-corrected chi connectivity index (χ3v) is 4.17. The highest BCUT2D eigenvalue weighted by molar-refractivity contribution is 7.98. The van der Waals surface area contributed by atoms with Crippen molar-refractivity contribution < 1.29 is 9.90 Å². The lowest BCUT2D eigenvalue weighted by atomic mass is 10.1. The normalized spacial score (nSPS) is 13.7. The molecule has 0 saturated carbocycles. The number of rotatable bonds is 6. The number of aliphatic hydroxyl groups excluding tert-OH is 1. The molecule has 0 saturated heterocycles. The molecule has 2 amide bonds. The van der Waals surface area contributed by atoms with E-state index in [1.54, 1.807) is 30.6 Å². The van der Waals surface area contributed by atoms with E-state index >= 15 is 0 Å². The van der Waals surface area contributed by atoms with E-state index in [4.69, 9.17) is 0 Å². The topological polar surface area (TPSA) is 52.6 Å². The second-order valence-corrected chi connectivity index (χ2v) is 6.17. The molecule has 0 heterocycles. The molecule has 0 fully saturated rings. The van der Waals surface area contributed by atoms with E-state index in [9.17, 15) is 9.90 Å². The Bertz CT molecular complexity index is 438. The van der Waals surface area contributed by atoms with Crippen LogP contribution < -0.4 is 5.32 Å². The van der Waals surface area contributed by atoms with Crippen molar-refractivity contribution >= 4 is 23.5 Å². The summed E-state index contributed by atoms with van der Waals surface area (Å²) in [7, 11) is 1.73. The second kappa shape index (κ2) is 8.17. The maximum absolute atomic E-state index is 12.0. The quantitative estimate of drug-likeness (QED) is 0.846. The Kier molecular flexibility index (Phi) is 6.88. The van der Waals surface area contributed by atoms with E-state index in [-0.39, 0.29) is 6.03 Å². The van der Waals surface area contributed by atoms with Crippen molar-refractivity contribution in [2.75, 3.05) is 25.2 Å². The molecule has 20 heavy (non-hydrogen) atoms. The standard InChI is InChI=1S/C15H24N2O2S/c1-11(18)8-9-17(3)15(19)16-14-7-5-6-13(10-14)12(2)20-4/h5-7,10-12,18H,8-9H2,1-4H3,(H,16,19). The van der Waals surface area contributed by atoms with E-state index < -0.39 is 6.10 Å². The molecule has 0 aliphatic heterocycles. The summed E-state index contributed by atoms with van der Waals surface area (Å²) in [5.74, 6) is 0. The zero-order chi connectivity index (χ0) is 15.1. The van der Waals surface area contributed by atoms with Crippen molar-refractivity contribution in [1.82, 2.24) is 4.90 Å². The fourth-order valence-corrected chi connectivity index (χ4v) is 2.13. The van der Waals surface area contributed by atoms with Gasteiger partial charge in [-0.15, -0.1) is 0 Å². The number of aliphatic hydroxyl groups is 1. The highest BCUT2D eigenvalue weighted by Gasteiger charge is 2.11. The number of carbonyl (C=O) groups is 1. The van der Waals surface area contributed by atoms with Crippen molar-refractivity contribution in [3.63, 3.8) is 0 Å². The van der Waals surface area contributed by atoms with Crippen molar-refractivity contribution in [2.24, 2.45) is 0 Å². The summed E-state index contributed by atoms with van der Waals surface area (Å²) >= 11 is 1.77. The van der Waals surface area contributed by atoms with Gasteiger partial charge in [-0.25, -0.2) is 4.79 Å². The maximum atomic E-state index is 12.0. The SMILES string of the molecule is CSC(C)c1cccc(NC(=O)N(C)CCC(C)O)c1. The molecule has 0 bridgehead atoms. The zero-order valence-corrected chi connectivity index (χ0v) is 13.4. The number of carbonyl (C=O) groups excluding carboxylic acids is 1. The lowest BCUT2D eigenvalue weighted by Crippen LogP contribution is -2.33. The summed E-state index contributed by atoms with van der Waals surface area (Å²) in [4.78, 5) is 13.6. The summed E-state index contributed by atoms with van der Waals surface area (Å²) in [6.07, 6.45) is 2.25. The molecular formula is C15H24N2O2S. The van der Waals surface area contributed by atoms with E-state index in [2.05, 4.69) is 24.6 Å². The van der Waals surface area contributed by atoms with Crippen LogP contribution in [-0.2, 0) is 0 Å². The van der Waals surface area contributed by atoms with Crippen LogP contribution in [0.3, 0.4) is 0 Å². The fraction of sp³-hybridized carbons (Fsp3) is 0.533. The number of hydrogen-bond donors (Lipinski definition) is 2. The predicted molar refractivity (Wildman–Crippen MR) is 86.3 cm³/mol. The second-order valence-electron chi connectivity index (χ2n) is 4.99. The van der Waals surface area contributed by atoms with Crippen LogP contribution in [0.25, 0.3) is 0 Å². The van der Waals surface area contributed by atoms with Crippen LogP contribution in [0.4, 0.5) is 10.5 Å². The third-order valence-electron chi connectivity index (χ3n) is 3.19. The van der Waals surface area contributed by atoms with Gasteiger partial charge in [-0.3, -0.25) is 0 Å². The molecule has 2 N–H and O–H groups in total. The minimum absolute atomic E-state index is 0.153. The van der Waals surface area contributed by atoms with Gasteiger partial charge < -0.3 is 15.3 Å². The molecule has 1 aromatic rings. The van der Waals surface area contributed by atoms with Crippen LogP contribution in [0, 0.1) is 0 Å². The Hall–Kier alpha value is -1.20. The van der Waals surface area contributed by atoms with Crippen LogP contribution in [0.15, 0.2) is 24.3 Å². The van der Waals surface area contributed by atoms with Crippen molar-refractivity contribution in [3.8, 4) is 0 Å². The lowest BCUT2D eigenvalue weighted by molar-refractivity contribution is 0.167. The Balaban J connectivity index is 2.61. The summed E-state index contributed by atoms with van der Waals surface area (Å²) in [6.45, 7) is 4.39. The van der Waals surface area contributed by atoms with E-state index in [1.165, 1.54) is 5.56 Å². The first-order valence-corrected chi connectivity index (χ1v) is 8.05. The van der Waals surface area contributed by atoms with E-state index in [1.807, 2.05) is 18.2 Å². The highest BCUT2D eigenvalue weighted by Crippen LogP contribution is 2.27. The maximum Gasteiger partial charge on any atom is 0.321 e. The summed E-state index contributed by atoms with van der Waals surface area (Å²) in [6, 6.07) is 7.75. The molecule has 2 unspecified atom stereocenters. The average Bonchev–Trinajstić information content (AvgIpc) is 2.43. The number of anilines is 1. The zero-order valence-electron chi connectivity index (χ0n) is 12.6. The van der Waals surface area contributed by atoms with Gasteiger partial charge in [-0.1, -0.05) is 12.1 Å². The molecular weight excluding hydrogens is 272 g/mol. The number of thioether (sulfide) groups is 1. The summed E-state index contributed by atoms with van der Waals surface area (Å²) in [5.41, 5.74) is 2.00. The predicted octanol–water partition coefficient (Wildman–Crippen LogP) is 3.35. The Morgan fingerprint density at radius 1 is 1.45 bits per heavy atom. The smallest absolute Gasteiger partial charge is 0.321 e. The number of urea groups is 1. The van der Waals surface area contributed by atoms with Crippen LogP contribution in [0.5, 0.6) is 0 Å². The van der Waals surface area contributed by atoms with Gasteiger partial charge in [0, 0.05) is 24.5 Å². The van der Waals surface area contributed by atoms with Gasteiger partial charge >= 0.3 is 6.03 Å². The van der Waals surface area contributed by atoms with Crippen molar-refractivity contribution in [1.29, 1.82) is 0 Å². The molecule has 0 aromatic heterocycles. The molecule has 0 aliphatic carbocycles. The van der Waals surface area contributed by atoms with Gasteiger partial charge in [0.2, 0.25) is 0 Å². The average molecular weight is 296 g/mol.